The largest absolute Gasteiger partial charge is 0.493 e. The number of ketones is 1. The summed E-state index contributed by atoms with van der Waals surface area (Å²) < 4.78 is 14.1. The van der Waals surface area contributed by atoms with Gasteiger partial charge in [0.1, 0.15) is 0 Å². The van der Waals surface area contributed by atoms with E-state index in [2.05, 4.69) is 26.1 Å². The average molecular weight is 458 g/mol. The number of fused-ring (bicyclic) bond motifs is 1. The molecule has 2 aromatic heterocycles. The molecule has 4 aromatic rings. The van der Waals surface area contributed by atoms with Crippen molar-refractivity contribution in [1.29, 1.82) is 0 Å². The molecule has 0 unspecified atom stereocenters. The molecule has 0 aliphatic carbocycles. The van der Waals surface area contributed by atoms with Crippen molar-refractivity contribution in [3.05, 3.63) is 58.6 Å². The number of ether oxygens (including phenoxy) is 1. The lowest BCUT2D eigenvalue weighted by atomic mass is 10.2. The minimum Gasteiger partial charge on any atom is -0.493 e. The number of benzene rings is 2. The van der Waals surface area contributed by atoms with Gasteiger partial charge in [-0.05, 0) is 24.3 Å². The first kappa shape index (κ1) is 18.8. The molecular weight excluding hydrogens is 442 g/mol. The predicted octanol–water partition coefficient (Wildman–Crippen LogP) is 4.97. The number of Topliss-reactive ketones (excluding diaryl/α,β-unsaturated/α-hetero) is 1. The van der Waals surface area contributed by atoms with Gasteiger partial charge in [0.15, 0.2) is 33.9 Å². The van der Waals surface area contributed by atoms with E-state index in [0.717, 1.165) is 9.86 Å². The van der Waals surface area contributed by atoms with Crippen LogP contribution in [0.1, 0.15) is 10.4 Å². The number of aromatic nitrogens is 3. The van der Waals surface area contributed by atoms with E-state index in [1.807, 2.05) is 48.0 Å². The van der Waals surface area contributed by atoms with Gasteiger partial charge in [0, 0.05) is 22.5 Å². The fraction of sp³-hybridized carbons (Fsp3) is 0.150. The summed E-state index contributed by atoms with van der Waals surface area (Å²) in [5.74, 6) is 2.18. The van der Waals surface area contributed by atoms with Gasteiger partial charge >= 0.3 is 0 Å². The van der Waals surface area contributed by atoms with Gasteiger partial charge < -0.3 is 13.7 Å². The van der Waals surface area contributed by atoms with Crippen LogP contribution in [0.2, 0.25) is 0 Å². The van der Waals surface area contributed by atoms with Crippen molar-refractivity contribution in [1.82, 2.24) is 14.8 Å². The van der Waals surface area contributed by atoms with Crippen LogP contribution < -0.4 is 4.74 Å². The molecule has 0 aliphatic rings. The molecule has 0 aliphatic heterocycles. The molecule has 0 N–H and O–H groups in total. The fourth-order valence-corrected chi connectivity index (χ4v) is 3.88. The van der Waals surface area contributed by atoms with Gasteiger partial charge in [-0.1, -0.05) is 52.0 Å². The molecule has 2 heterocycles. The molecule has 4 rings (SSSR count). The minimum atomic E-state index is 0.0375. The number of nitrogens with zero attached hydrogens (tertiary/aromatic N) is 3. The van der Waals surface area contributed by atoms with Crippen molar-refractivity contribution in [2.45, 2.75) is 5.16 Å². The van der Waals surface area contributed by atoms with E-state index in [0.29, 0.717) is 33.6 Å². The highest BCUT2D eigenvalue weighted by atomic mass is 79.9. The van der Waals surface area contributed by atoms with E-state index >= 15 is 0 Å². The second kappa shape index (κ2) is 7.81. The number of rotatable bonds is 6. The molecule has 0 atom stereocenters. The Morgan fingerprint density at radius 3 is 2.75 bits per heavy atom. The van der Waals surface area contributed by atoms with E-state index in [1.54, 1.807) is 19.2 Å². The van der Waals surface area contributed by atoms with E-state index in [-0.39, 0.29) is 11.5 Å². The maximum Gasteiger partial charge on any atom is 0.200 e. The smallest absolute Gasteiger partial charge is 0.200 e. The van der Waals surface area contributed by atoms with E-state index < -0.39 is 0 Å². The molecular formula is C20H16BrN3O3S. The summed E-state index contributed by atoms with van der Waals surface area (Å²) in [4.78, 5) is 12.4. The number of furan rings is 1. The Morgan fingerprint density at radius 2 is 2.00 bits per heavy atom. The van der Waals surface area contributed by atoms with Crippen molar-refractivity contribution in [3.63, 3.8) is 0 Å². The summed E-state index contributed by atoms with van der Waals surface area (Å²) in [6, 6.07) is 14.9. The Bertz CT molecular complexity index is 1150. The van der Waals surface area contributed by atoms with Gasteiger partial charge in [0.2, 0.25) is 0 Å². The standard InChI is InChI=1S/C20H16BrN3O3S/c1-24-19(17-10-13-4-3-5-16(26-2)18(13)27-17)22-23-20(24)28-11-15(25)12-6-8-14(21)9-7-12/h3-10H,11H2,1-2H3. The Hall–Kier alpha value is -2.58. The van der Waals surface area contributed by atoms with Crippen LogP contribution in [0.5, 0.6) is 5.75 Å². The normalized spacial score (nSPS) is 11.1. The van der Waals surface area contributed by atoms with Crippen molar-refractivity contribution < 1.29 is 13.9 Å². The van der Waals surface area contributed by atoms with Gasteiger partial charge in [-0.2, -0.15) is 0 Å². The number of halogens is 1. The SMILES string of the molecule is COc1cccc2cc(-c3nnc(SCC(=O)c4ccc(Br)cc4)n3C)oc12. The Morgan fingerprint density at radius 1 is 1.21 bits per heavy atom. The molecule has 142 valence electrons. The van der Waals surface area contributed by atoms with Crippen LogP contribution in [0.3, 0.4) is 0 Å². The molecule has 0 bridgehead atoms. The highest BCUT2D eigenvalue weighted by Crippen LogP contribution is 2.33. The number of para-hydroxylation sites is 1. The van der Waals surface area contributed by atoms with Crippen LogP contribution in [0.15, 0.2) is 62.6 Å². The first-order valence-corrected chi connectivity index (χ1v) is 10.2. The molecule has 0 saturated heterocycles. The molecule has 2 aromatic carbocycles. The van der Waals surface area contributed by atoms with Crippen molar-refractivity contribution >= 4 is 44.4 Å². The van der Waals surface area contributed by atoms with Crippen LogP contribution in [0, 0.1) is 0 Å². The Kier molecular flexibility index (Phi) is 5.23. The van der Waals surface area contributed by atoms with E-state index in [9.17, 15) is 4.79 Å². The molecule has 6 nitrogen and oxygen atoms in total. The number of carbonyl (C=O) groups is 1. The zero-order valence-electron chi connectivity index (χ0n) is 15.2. The predicted molar refractivity (Wildman–Crippen MR) is 112 cm³/mol. The maximum absolute atomic E-state index is 12.4. The topological polar surface area (TPSA) is 70.2 Å². The average Bonchev–Trinajstić information content (AvgIpc) is 3.29. The third-order valence-electron chi connectivity index (χ3n) is 4.28. The first-order chi connectivity index (χ1) is 13.6. The highest BCUT2D eigenvalue weighted by molar-refractivity contribution is 9.10. The number of methoxy groups -OCH3 is 1. The van der Waals surface area contributed by atoms with Gasteiger partial charge in [-0.25, -0.2) is 0 Å². The molecule has 0 fully saturated rings. The van der Waals surface area contributed by atoms with Crippen molar-refractivity contribution in [2.75, 3.05) is 12.9 Å². The lowest BCUT2D eigenvalue weighted by Gasteiger charge is -2.03. The third kappa shape index (κ3) is 3.57. The van der Waals surface area contributed by atoms with Crippen LogP contribution in [0.4, 0.5) is 0 Å². The van der Waals surface area contributed by atoms with Gasteiger partial charge in [-0.3, -0.25) is 4.79 Å². The zero-order chi connectivity index (χ0) is 19.7. The molecule has 8 heteroatoms. The monoisotopic (exact) mass is 457 g/mol. The quantitative estimate of drug-likeness (QED) is 0.300. The highest BCUT2D eigenvalue weighted by Gasteiger charge is 2.18. The van der Waals surface area contributed by atoms with Gasteiger partial charge in [0.05, 0.1) is 12.9 Å². The number of carbonyl (C=O) groups excluding carboxylic acids is 1. The fourth-order valence-electron chi connectivity index (χ4n) is 2.81. The lowest BCUT2D eigenvalue weighted by Crippen LogP contribution is -2.03. The number of thioether (sulfide) groups is 1. The van der Waals surface area contributed by atoms with Crippen molar-refractivity contribution in [3.8, 4) is 17.3 Å². The third-order valence-corrected chi connectivity index (χ3v) is 5.83. The summed E-state index contributed by atoms with van der Waals surface area (Å²) in [5, 5.41) is 10.0. The lowest BCUT2D eigenvalue weighted by molar-refractivity contribution is 0.102. The van der Waals surface area contributed by atoms with Crippen LogP contribution in [-0.4, -0.2) is 33.4 Å². The molecule has 0 saturated carbocycles. The Balaban J connectivity index is 1.54. The van der Waals surface area contributed by atoms with Crippen molar-refractivity contribution in [2.24, 2.45) is 7.05 Å². The summed E-state index contributed by atoms with van der Waals surface area (Å²) in [5.41, 5.74) is 1.34. The summed E-state index contributed by atoms with van der Waals surface area (Å²) in [6.45, 7) is 0. The first-order valence-electron chi connectivity index (χ1n) is 8.44. The van der Waals surface area contributed by atoms with Gasteiger partial charge in [0.25, 0.3) is 0 Å². The van der Waals surface area contributed by atoms with Crippen LogP contribution in [-0.2, 0) is 7.05 Å². The molecule has 0 spiro atoms. The van der Waals surface area contributed by atoms with E-state index in [4.69, 9.17) is 9.15 Å². The Labute approximate surface area is 174 Å². The minimum absolute atomic E-state index is 0.0375. The maximum atomic E-state index is 12.4. The van der Waals surface area contributed by atoms with Crippen LogP contribution in [0.25, 0.3) is 22.6 Å². The summed E-state index contributed by atoms with van der Waals surface area (Å²) in [7, 11) is 3.46. The molecule has 0 radical (unpaired) electrons. The second-order valence-electron chi connectivity index (χ2n) is 6.07. The summed E-state index contributed by atoms with van der Waals surface area (Å²) in [6.07, 6.45) is 0. The molecule has 28 heavy (non-hydrogen) atoms. The molecule has 0 amide bonds. The number of hydrogen-bond donors (Lipinski definition) is 0. The number of hydrogen-bond acceptors (Lipinski definition) is 6. The second-order valence-corrected chi connectivity index (χ2v) is 7.93. The van der Waals surface area contributed by atoms with Gasteiger partial charge in [-0.15, -0.1) is 10.2 Å². The summed E-state index contributed by atoms with van der Waals surface area (Å²) >= 11 is 4.72. The van der Waals surface area contributed by atoms with Crippen LogP contribution >= 0.6 is 27.7 Å². The van der Waals surface area contributed by atoms with E-state index in [1.165, 1.54) is 11.8 Å². The zero-order valence-corrected chi connectivity index (χ0v) is 17.6.